The summed E-state index contributed by atoms with van der Waals surface area (Å²) in [6.45, 7) is 1.71. The minimum absolute atomic E-state index is 0.0297. The number of thioether (sulfide) groups is 1. The maximum Gasteiger partial charge on any atom is 0.280 e. The average Bonchev–Trinajstić information content (AvgIpc) is 3.70. The SMILES string of the molecule is Cc1cnn(-c2cc(-c3cc(C(F)F)ncc3Cl)c(C(=O)NCS/C(C#CC3CC3)=N\N)cn2)c(=O)c1. The maximum atomic E-state index is 13.4. The molecule has 9 nitrogen and oxygen atoms in total. The van der Waals surface area contributed by atoms with Gasteiger partial charge < -0.3 is 11.2 Å². The molecule has 0 bridgehead atoms. The summed E-state index contributed by atoms with van der Waals surface area (Å²) in [5.41, 5.74) is -0.0140. The summed E-state index contributed by atoms with van der Waals surface area (Å²) in [7, 11) is 0. The highest BCUT2D eigenvalue weighted by Gasteiger charge is 2.21. The average molecular weight is 544 g/mol. The number of hydrazone groups is 1. The molecular formula is C24H20ClF2N7O2S. The smallest absolute Gasteiger partial charge is 0.280 e. The van der Waals surface area contributed by atoms with Gasteiger partial charge in [-0.25, -0.2) is 13.8 Å². The highest BCUT2D eigenvalue weighted by atomic mass is 35.5. The zero-order chi connectivity index (χ0) is 26.5. The number of nitrogens with one attached hydrogen (secondary N) is 1. The Labute approximate surface area is 219 Å². The predicted molar refractivity (Wildman–Crippen MR) is 138 cm³/mol. The molecule has 3 N–H and O–H groups in total. The van der Waals surface area contributed by atoms with Crippen molar-refractivity contribution in [3.63, 3.8) is 0 Å². The van der Waals surface area contributed by atoms with Crippen LogP contribution < -0.4 is 16.7 Å². The summed E-state index contributed by atoms with van der Waals surface area (Å²) in [6.07, 6.45) is 3.01. The molecule has 4 rings (SSSR count). The van der Waals surface area contributed by atoms with Crippen LogP contribution in [0.15, 0.2) is 46.7 Å². The molecule has 0 spiro atoms. The number of amides is 1. The van der Waals surface area contributed by atoms with Crippen molar-refractivity contribution in [1.82, 2.24) is 25.1 Å². The van der Waals surface area contributed by atoms with Gasteiger partial charge in [0.1, 0.15) is 5.69 Å². The summed E-state index contributed by atoms with van der Waals surface area (Å²) in [5, 5.41) is 10.8. The van der Waals surface area contributed by atoms with E-state index in [4.69, 9.17) is 17.4 Å². The van der Waals surface area contributed by atoms with Gasteiger partial charge in [0.15, 0.2) is 10.9 Å². The Balaban J connectivity index is 1.69. The molecule has 190 valence electrons. The summed E-state index contributed by atoms with van der Waals surface area (Å²) in [4.78, 5) is 33.4. The number of nitrogens with two attached hydrogens (primary N) is 1. The van der Waals surface area contributed by atoms with Gasteiger partial charge in [0.05, 0.1) is 22.7 Å². The first-order valence-corrected chi connectivity index (χ1v) is 12.3. The number of nitrogens with zero attached hydrogens (tertiary/aromatic N) is 5. The van der Waals surface area contributed by atoms with Crippen molar-refractivity contribution in [3.05, 3.63) is 69.0 Å². The van der Waals surface area contributed by atoms with Crippen LogP contribution in [0.1, 0.15) is 40.9 Å². The highest BCUT2D eigenvalue weighted by Crippen LogP contribution is 2.33. The predicted octanol–water partition coefficient (Wildman–Crippen LogP) is 3.70. The second-order valence-electron chi connectivity index (χ2n) is 8.03. The fourth-order valence-electron chi connectivity index (χ4n) is 3.18. The summed E-state index contributed by atoms with van der Waals surface area (Å²) in [6, 6.07) is 3.84. The number of alkyl halides is 2. The third kappa shape index (κ3) is 6.49. The normalized spacial score (nSPS) is 13.3. The topological polar surface area (TPSA) is 128 Å². The van der Waals surface area contributed by atoms with Crippen LogP contribution >= 0.6 is 23.4 Å². The van der Waals surface area contributed by atoms with Crippen LogP contribution in [0.25, 0.3) is 16.9 Å². The molecule has 1 aliphatic carbocycles. The van der Waals surface area contributed by atoms with Gasteiger partial charge >= 0.3 is 0 Å². The van der Waals surface area contributed by atoms with E-state index >= 15 is 0 Å². The van der Waals surface area contributed by atoms with Crippen LogP contribution in [0.4, 0.5) is 8.78 Å². The van der Waals surface area contributed by atoms with Crippen molar-refractivity contribution >= 4 is 34.3 Å². The Morgan fingerprint density at radius 1 is 1.27 bits per heavy atom. The number of carbonyl (C=O) groups excluding carboxylic acids is 1. The third-order valence-electron chi connectivity index (χ3n) is 5.20. The molecule has 1 aliphatic rings. The molecule has 13 heteroatoms. The van der Waals surface area contributed by atoms with E-state index in [1.54, 1.807) is 6.92 Å². The van der Waals surface area contributed by atoms with E-state index in [-0.39, 0.29) is 33.4 Å². The van der Waals surface area contributed by atoms with Gasteiger partial charge in [-0.2, -0.15) is 14.9 Å². The van der Waals surface area contributed by atoms with Crippen LogP contribution in [0.3, 0.4) is 0 Å². The molecule has 1 amide bonds. The lowest BCUT2D eigenvalue weighted by atomic mass is 10.0. The second kappa shape index (κ2) is 11.5. The molecule has 0 radical (unpaired) electrons. The number of aryl methyl sites for hydroxylation is 1. The summed E-state index contributed by atoms with van der Waals surface area (Å²) in [5.74, 6) is 11.3. The van der Waals surface area contributed by atoms with Crippen molar-refractivity contribution in [1.29, 1.82) is 0 Å². The minimum atomic E-state index is -2.86. The second-order valence-corrected chi connectivity index (χ2v) is 9.40. The van der Waals surface area contributed by atoms with Crippen LogP contribution in [-0.4, -0.2) is 36.6 Å². The first kappa shape index (κ1) is 26.2. The number of hydrogen-bond acceptors (Lipinski definition) is 8. The fraction of sp³-hybridized carbons (Fsp3) is 0.250. The molecule has 0 aromatic carbocycles. The van der Waals surface area contributed by atoms with E-state index in [1.165, 1.54) is 24.5 Å². The standard InChI is InChI=1S/C24H20ClF2N7O2S/c1-13-6-22(35)34(32-9-13)20-8-15(16-7-19(23(26)27)29-11-18(16)25)17(10-30-20)24(36)31-12-37-21(33-28)5-4-14-2-3-14/h6-11,14,23H,2-3,12,28H2,1H3,(H,31,36)/b33-21-. The quantitative estimate of drug-likeness (QED) is 0.121. The van der Waals surface area contributed by atoms with Crippen molar-refractivity contribution < 1.29 is 13.6 Å². The van der Waals surface area contributed by atoms with E-state index in [0.717, 1.165) is 41.5 Å². The minimum Gasteiger partial charge on any atom is -0.343 e. The molecule has 3 heterocycles. The van der Waals surface area contributed by atoms with Gasteiger partial charge in [-0.15, -0.1) is 0 Å². The largest absolute Gasteiger partial charge is 0.343 e. The molecule has 0 saturated heterocycles. The first-order valence-electron chi connectivity index (χ1n) is 11.0. The number of pyridine rings is 2. The number of rotatable bonds is 6. The van der Waals surface area contributed by atoms with Crippen LogP contribution in [-0.2, 0) is 0 Å². The van der Waals surface area contributed by atoms with Gasteiger partial charge in [0, 0.05) is 35.5 Å². The van der Waals surface area contributed by atoms with Gasteiger partial charge in [0.25, 0.3) is 17.9 Å². The lowest BCUT2D eigenvalue weighted by Crippen LogP contribution is -2.25. The molecule has 0 aliphatic heterocycles. The van der Waals surface area contributed by atoms with E-state index < -0.39 is 23.6 Å². The summed E-state index contributed by atoms with van der Waals surface area (Å²) >= 11 is 7.44. The Morgan fingerprint density at radius 3 is 2.73 bits per heavy atom. The van der Waals surface area contributed by atoms with Crippen molar-refractivity contribution in [2.24, 2.45) is 16.9 Å². The van der Waals surface area contributed by atoms with Crippen molar-refractivity contribution in [3.8, 4) is 28.8 Å². The van der Waals surface area contributed by atoms with Crippen molar-refractivity contribution in [2.75, 3.05) is 5.88 Å². The van der Waals surface area contributed by atoms with E-state index in [1.807, 2.05) is 0 Å². The number of aromatic nitrogens is 4. The lowest BCUT2D eigenvalue weighted by Gasteiger charge is -2.14. The Morgan fingerprint density at radius 2 is 2.05 bits per heavy atom. The Bertz CT molecular complexity index is 1500. The van der Waals surface area contributed by atoms with E-state index in [2.05, 4.69) is 37.3 Å². The van der Waals surface area contributed by atoms with Crippen molar-refractivity contribution in [2.45, 2.75) is 26.2 Å². The van der Waals surface area contributed by atoms with Crippen LogP contribution in [0.2, 0.25) is 5.02 Å². The zero-order valence-corrected chi connectivity index (χ0v) is 21.0. The van der Waals surface area contributed by atoms with Gasteiger partial charge in [0.2, 0.25) is 0 Å². The Kier molecular flexibility index (Phi) is 8.15. The molecule has 37 heavy (non-hydrogen) atoms. The van der Waals surface area contributed by atoms with Gasteiger partial charge in [-0.1, -0.05) is 29.3 Å². The molecule has 0 atom stereocenters. The van der Waals surface area contributed by atoms with E-state index in [0.29, 0.717) is 16.5 Å². The van der Waals surface area contributed by atoms with Crippen LogP contribution in [0, 0.1) is 24.7 Å². The zero-order valence-electron chi connectivity index (χ0n) is 19.4. The Hall–Kier alpha value is -3.82. The molecule has 1 saturated carbocycles. The number of hydrogen-bond donors (Lipinski definition) is 2. The molecule has 1 fully saturated rings. The lowest BCUT2D eigenvalue weighted by molar-refractivity contribution is 0.0961. The maximum absolute atomic E-state index is 13.4. The highest BCUT2D eigenvalue weighted by molar-refractivity contribution is 8.14. The number of carbonyl (C=O) groups is 1. The third-order valence-corrected chi connectivity index (χ3v) is 6.27. The molecule has 3 aromatic heterocycles. The number of halogens is 3. The van der Waals surface area contributed by atoms with Gasteiger partial charge in [-0.3, -0.25) is 14.6 Å². The fourth-order valence-corrected chi connectivity index (χ4v) is 3.93. The van der Waals surface area contributed by atoms with Crippen LogP contribution in [0.5, 0.6) is 0 Å². The van der Waals surface area contributed by atoms with Gasteiger partial charge in [-0.05, 0) is 43.4 Å². The summed E-state index contributed by atoms with van der Waals surface area (Å²) < 4.78 is 27.8. The molecular weight excluding hydrogens is 524 g/mol. The molecule has 3 aromatic rings. The van der Waals surface area contributed by atoms with E-state index in [9.17, 15) is 18.4 Å². The monoisotopic (exact) mass is 543 g/mol. The first-order chi connectivity index (χ1) is 17.8. The molecule has 0 unspecified atom stereocenters.